The van der Waals surface area contributed by atoms with Crippen molar-refractivity contribution in [1.29, 1.82) is 0 Å². The molecule has 0 radical (unpaired) electrons. The van der Waals surface area contributed by atoms with Crippen LogP contribution >= 0.6 is 11.6 Å². The van der Waals surface area contributed by atoms with Gasteiger partial charge in [-0.2, -0.15) is 0 Å². The Hall–Kier alpha value is -2.33. The summed E-state index contributed by atoms with van der Waals surface area (Å²) in [5.74, 6) is -0.520. The maximum atomic E-state index is 12.5. The van der Waals surface area contributed by atoms with Gasteiger partial charge in [0.1, 0.15) is 6.04 Å². The van der Waals surface area contributed by atoms with Crippen LogP contribution in [0.15, 0.2) is 48.5 Å². The standard InChI is InChI=1S/C20H23ClN2O2/c1-13(2)18(23-19(24)16-8-10-17(21)11-9-16)20(25)22-12-15-6-4-14(3)5-7-15/h4-11,13,18H,12H2,1-3H3,(H,22,25)(H,23,24). The van der Waals surface area contributed by atoms with Crippen molar-refractivity contribution in [3.8, 4) is 0 Å². The van der Waals surface area contributed by atoms with Crippen LogP contribution in [0.4, 0.5) is 0 Å². The van der Waals surface area contributed by atoms with Crippen LogP contribution in [0.3, 0.4) is 0 Å². The summed E-state index contributed by atoms with van der Waals surface area (Å²) in [6.07, 6.45) is 0. The highest BCUT2D eigenvalue weighted by Gasteiger charge is 2.24. The van der Waals surface area contributed by atoms with Crippen LogP contribution in [0, 0.1) is 12.8 Å². The quantitative estimate of drug-likeness (QED) is 0.826. The summed E-state index contributed by atoms with van der Waals surface area (Å²) in [5.41, 5.74) is 2.66. The second kappa shape index (κ2) is 8.67. The van der Waals surface area contributed by atoms with E-state index in [1.54, 1.807) is 24.3 Å². The van der Waals surface area contributed by atoms with E-state index in [1.807, 2.05) is 45.0 Å². The van der Waals surface area contributed by atoms with Crippen molar-refractivity contribution in [3.05, 3.63) is 70.2 Å². The second-order valence-electron chi connectivity index (χ2n) is 6.41. The van der Waals surface area contributed by atoms with E-state index in [1.165, 1.54) is 5.56 Å². The minimum atomic E-state index is -0.603. The smallest absolute Gasteiger partial charge is 0.251 e. The molecule has 2 aromatic carbocycles. The highest BCUT2D eigenvalue weighted by atomic mass is 35.5. The molecule has 1 unspecified atom stereocenters. The van der Waals surface area contributed by atoms with Gasteiger partial charge in [0.15, 0.2) is 0 Å². The Labute approximate surface area is 153 Å². The summed E-state index contributed by atoms with van der Waals surface area (Å²) in [7, 11) is 0. The Bertz CT molecular complexity index is 724. The fraction of sp³-hybridized carbons (Fsp3) is 0.300. The minimum Gasteiger partial charge on any atom is -0.350 e. The molecular formula is C20H23ClN2O2. The predicted molar refractivity (Wildman–Crippen MR) is 101 cm³/mol. The molecule has 132 valence electrons. The Morgan fingerprint density at radius 3 is 2.16 bits per heavy atom. The Morgan fingerprint density at radius 1 is 1.00 bits per heavy atom. The zero-order chi connectivity index (χ0) is 18.4. The van der Waals surface area contributed by atoms with Gasteiger partial charge in [-0.1, -0.05) is 55.3 Å². The molecule has 0 aliphatic heterocycles. The molecule has 0 fully saturated rings. The van der Waals surface area contributed by atoms with Crippen molar-refractivity contribution in [1.82, 2.24) is 10.6 Å². The number of nitrogens with one attached hydrogen (secondary N) is 2. The molecule has 0 saturated carbocycles. The van der Waals surface area contributed by atoms with Crippen LogP contribution < -0.4 is 10.6 Å². The molecule has 0 saturated heterocycles. The SMILES string of the molecule is Cc1ccc(CNC(=O)C(NC(=O)c2ccc(Cl)cc2)C(C)C)cc1. The molecule has 5 heteroatoms. The molecule has 25 heavy (non-hydrogen) atoms. The molecular weight excluding hydrogens is 336 g/mol. The molecule has 0 aromatic heterocycles. The van der Waals surface area contributed by atoms with Gasteiger partial charge in [0.2, 0.25) is 5.91 Å². The summed E-state index contributed by atoms with van der Waals surface area (Å²) in [6, 6.07) is 13.9. The average Bonchev–Trinajstić information content (AvgIpc) is 2.59. The van der Waals surface area contributed by atoms with Crippen LogP contribution in [0.2, 0.25) is 5.02 Å². The van der Waals surface area contributed by atoms with Crippen molar-refractivity contribution < 1.29 is 9.59 Å². The summed E-state index contributed by atoms with van der Waals surface area (Å²) < 4.78 is 0. The minimum absolute atomic E-state index is 0.0331. The molecule has 0 spiro atoms. The van der Waals surface area contributed by atoms with Crippen LogP contribution in [0.25, 0.3) is 0 Å². The van der Waals surface area contributed by atoms with Gasteiger partial charge in [0, 0.05) is 17.1 Å². The first-order valence-electron chi connectivity index (χ1n) is 8.26. The summed E-state index contributed by atoms with van der Waals surface area (Å²) in [6.45, 7) is 6.25. The number of aryl methyl sites for hydroxylation is 1. The van der Waals surface area contributed by atoms with Crippen molar-refractivity contribution in [2.75, 3.05) is 0 Å². The monoisotopic (exact) mass is 358 g/mol. The first kappa shape index (κ1) is 19.0. The topological polar surface area (TPSA) is 58.2 Å². The number of rotatable bonds is 6. The van der Waals surface area contributed by atoms with E-state index in [4.69, 9.17) is 11.6 Å². The molecule has 2 rings (SSSR count). The molecule has 0 aliphatic rings. The lowest BCUT2D eigenvalue weighted by Gasteiger charge is -2.22. The summed E-state index contributed by atoms with van der Waals surface area (Å²) >= 11 is 5.84. The Morgan fingerprint density at radius 2 is 1.60 bits per heavy atom. The van der Waals surface area contributed by atoms with Crippen molar-refractivity contribution in [2.45, 2.75) is 33.4 Å². The van der Waals surface area contributed by atoms with E-state index in [0.717, 1.165) is 5.56 Å². The lowest BCUT2D eigenvalue weighted by atomic mass is 10.0. The van der Waals surface area contributed by atoms with Gasteiger partial charge in [-0.05, 0) is 42.7 Å². The number of halogens is 1. The fourth-order valence-corrected chi connectivity index (χ4v) is 2.49. The number of carbonyl (C=O) groups excluding carboxylic acids is 2. The lowest BCUT2D eigenvalue weighted by molar-refractivity contribution is -0.124. The third-order valence-electron chi connectivity index (χ3n) is 3.93. The van der Waals surface area contributed by atoms with E-state index in [-0.39, 0.29) is 17.7 Å². The first-order chi connectivity index (χ1) is 11.9. The zero-order valence-electron chi connectivity index (χ0n) is 14.7. The first-order valence-corrected chi connectivity index (χ1v) is 8.64. The van der Waals surface area contributed by atoms with Gasteiger partial charge in [0.05, 0.1) is 0 Å². The van der Waals surface area contributed by atoms with E-state index >= 15 is 0 Å². The van der Waals surface area contributed by atoms with E-state index in [2.05, 4.69) is 10.6 Å². The van der Waals surface area contributed by atoms with Crippen LogP contribution in [-0.4, -0.2) is 17.9 Å². The number of benzene rings is 2. The second-order valence-corrected chi connectivity index (χ2v) is 6.84. The van der Waals surface area contributed by atoms with Crippen molar-refractivity contribution in [2.24, 2.45) is 5.92 Å². The number of carbonyl (C=O) groups is 2. The molecule has 2 amide bonds. The maximum absolute atomic E-state index is 12.5. The Balaban J connectivity index is 1.98. The van der Waals surface area contributed by atoms with Crippen LogP contribution in [0.1, 0.15) is 35.3 Å². The lowest BCUT2D eigenvalue weighted by Crippen LogP contribution is -2.49. The summed E-state index contributed by atoms with van der Waals surface area (Å²) in [4.78, 5) is 24.9. The van der Waals surface area contributed by atoms with Gasteiger partial charge < -0.3 is 10.6 Å². The van der Waals surface area contributed by atoms with Gasteiger partial charge in [-0.15, -0.1) is 0 Å². The van der Waals surface area contributed by atoms with E-state index in [0.29, 0.717) is 17.1 Å². The van der Waals surface area contributed by atoms with E-state index < -0.39 is 6.04 Å². The predicted octanol–water partition coefficient (Wildman–Crippen LogP) is 3.72. The third-order valence-corrected chi connectivity index (χ3v) is 4.18. The zero-order valence-corrected chi connectivity index (χ0v) is 15.4. The number of hydrogen-bond acceptors (Lipinski definition) is 2. The normalized spacial score (nSPS) is 11.9. The molecule has 1 atom stereocenters. The van der Waals surface area contributed by atoms with Gasteiger partial charge in [-0.25, -0.2) is 0 Å². The molecule has 0 aliphatic carbocycles. The van der Waals surface area contributed by atoms with Crippen LogP contribution in [0.5, 0.6) is 0 Å². The van der Waals surface area contributed by atoms with Crippen LogP contribution in [-0.2, 0) is 11.3 Å². The molecule has 2 aromatic rings. The highest BCUT2D eigenvalue weighted by Crippen LogP contribution is 2.11. The summed E-state index contributed by atoms with van der Waals surface area (Å²) in [5, 5.41) is 6.26. The van der Waals surface area contributed by atoms with Gasteiger partial charge in [-0.3, -0.25) is 9.59 Å². The number of amides is 2. The Kier molecular flexibility index (Phi) is 6.59. The maximum Gasteiger partial charge on any atom is 0.251 e. The van der Waals surface area contributed by atoms with E-state index in [9.17, 15) is 9.59 Å². The van der Waals surface area contributed by atoms with Crippen molar-refractivity contribution in [3.63, 3.8) is 0 Å². The molecule has 4 nitrogen and oxygen atoms in total. The van der Waals surface area contributed by atoms with Crippen molar-refractivity contribution >= 4 is 23.4 Å². The fourth-order valence-electron chi connectivity index (χ4n) is 2.37. The largest absolute Gasteiger partial charge is 0.350 e. The number of hydrogen-bond donors (Lipinski definition) is 2. The molecule has 2 N–H and O–H groups in total. The molecule has 0 heterocycles. The highest BCUT2D eigenvalue weighted by molar-refractivity contribution is 6.30. The average molecular weight is 359 g/mol. The molecule has 0 bridgehead atoms. The third kappa shape index (κ3) is 5.61. The van der Waals surface area contributed by atoms with Gasteiger partial charge >= 0.3 is 0 Å². The van der Waals surface area contributed by atoms with Gasteiger partial charge in [0.25, 0.3) is 5.91 Å².